The van der Waals surface area contributed by atoms with Gasteiger partial charge in [-0.2, -0.15) is 0 Å². The Hall–Kier alpha value is -1.57. The third kappa shape index (κ3) is 1.67. The number of nitrogens with zero attached hydrogens (tertiary/aromatic N) is 2. The van der Waals surface area contributed by atoms with Crippen LogP contribution in [0.4, 0.5) is 5.82 Å². The maximum absolute atomic E-state index is 4.50. The minimum absolute atomic E-state index is 1.03. The van der Waals surface area contributed by atoms with Gasteiger partial charge in [-0.3, -0.25) is 0 Å². The monoisotopic (exact) mass is 200 g/mol. The summed E-state index contributed by atoms with van der Waals surface area (Å²) in [7, 11) is 4.06. The molecule has 0 aliphatic rings. The molecule has 2 nitrogen and oxygen atoms in total. The lowest BCUT2D eigenvalue weighted by atomic mass is 10.1. The smallest absolute Gasteiger partial charge is 0.135 e. The second-order valence-electron chi connectivity index (χ2n) is 3.90. The molecule has 2 heteroatoms. The number of rotatable bonds is 2. The average Bonchev–Trinajstić information content (AvgIpc) is 2.27. The molecule has 0 saturated heterocycles. The molecule has 1 aromatic carbocycles. The molecule has 0 N–H and O–H groups in total. The molecule has 2 rings (SSSR count). The van der Waals surface area contributed by atoms with Crippen LogP contribution in [-0.2, 0) is 6.42 Å². The Morgan fingerprint density at radius 2 is 1.80 bits per heavy atom. The van der Waals surface area contributed by atoms with E-state index in [4.69, 9.17) is 0 Å². The number of hydrogen-bond acceptors (Lipinski definition) is 2. The number of hydrogen-bond donors (Lipinski definition) is 0. The van der Waals surface area contributed by atoms with Crippen LogP contribution in [-0.4, -0.2) is 19.1 Å². The van der Waals surface area contributed by atoms with Crippen molar-refractivity contribution in [1.82, 2.24) is 4.98 Å². The summed E-state index contributed by atoms with van der Waals surface area (Å²) in [5.41, 5.74) is 1.32. The second-order valence-corrected chi connectivity index (χ2v) is 3.90. The Bertz CT molecular complexity index is 475. The number of anilines is 1. The predicted octanol–water partition coefficient (Wildman–Crippen LogP) is 2.86. The highest BCUT2D eigenvalue weighted by molar-refractivity contribution is 5.94. The summed E-state index contributed by atoms with van der Waals surface area (Å²) < 4.78 is 0. The fourth-order valence-corrected chi connectivity index (χ4v) is 1.87. The van der Waals surface area contributed by atoms with Crippen LogP contribution in [0.15, 0.2) is 30.5 Å². The standard InChI is InChI=1S/C13H16N2/c1-4-10-9-14-13(15(2)3)12-8-6-5-7-11(10)12/h5-9H,4H2,1-3H3. The molecular weight excluding hydrogens is 184 g/mol. The number of benzene rings is 1. The van der Waals surface area contributed by atoms with Gasteiger partial charge in [0, 0.05) is 25.7 Å². The van der Waals surface area contributed by atoms with E-state index < -0.39 is 0 Å². The predicted molar refractivity (Wildman–Crippen MR) is 65.4 cm³/mol. The highest BCUT2D eigenvalue weighted by Gasteiger charge is 2.06. The summed E-state index contributed by atoms with van der Waals surface area (Å²) in [4.78, 5) is 6.56. The summed E-state index contributed by atoms with van der Waals surface area (Å²) in [6, 6.07) is 8.46. The Balaban J connectivity index is 2.77. The van der Waals surface area contributed by atoms with Gasteiger partial charge in [-0.1, -0.05) is 31.2 Å². The third-order valence-corrected chi connectivity index (χ3v) is 2.66. The third-order valence-electron chi connectivity index (χ3n) is 2.66. The molecule has 1 heterocycles. The van der Waals surface area contributed by atoms with Crippen molar-refractivity contribution < 1.29 is 0 Å². The van der Waals surface area contributed by atoms with Crippen molar-refractivity contribution in [2.45, 2.75) is 13.3 Å². The Kier molecular flexibility index (Phi) is 2.58. The molecule has 1 aromatic heterocycles. The van der Waals surface area contributed by atoms with Gasteiger partial charge in [0.05, 0.1) is 0 Å². The first-order valence-corrected chi connectivity index (χ1v) is 5.28. The Morgan fingerprint density at radius 1 is 1.13 bits per heavy atom. The largest absolute Gasteiger partial charge is 0.362 e. The normalized spacial score (nSPS) is 10.6. The maximum atomic E-state index is 4.50. The molecular formula is C13H16N2. The minimum Gasteiger partial charge on any atom is -0.362 e. The number of fused-ring (bicyclic) bond motifs is 1. The van der Waals surface area contributed by atoms with Gasteiger partial charge in [-0.05, 0) is 17.4 Å². The number of aryl methyl sites for hydroxylation is 1. The van der Waals surface area contributed by atoms with Gasteiger partial charge < -0.3 is 4.90 Å². The van der Waals surface area contributed by atoms with Crippen LogP contribution in [0.5, 0.6) is 0 Å². The molecule has 78 valence electrons. The Labute approximate surface area is 90.6 Å². The van der Waals surface area contributed by atoms with E-state index in [9.17, 15) is 0 Å². The first-order chi connectivity index (χ1) is 7.24. The first kappa shape index (κ1) is 9.97. The van der Waals surface area contributed by atoms with Gasteiger partial charge in [0.25, 0.3) is 0 Å². The van der Waals surface area contributed by atoms with Gasteiger partial charge in [-0.25, -0.2) is 4.98 Å². The molecule has 0 bridgehead atoms. The zero-order valence-electron chi connectivity index (χ0n) is 9.49. The topological polar surface area (TPSA) is 16.1 Å². The zero-order valence-corrected chi connectivity index (χ0v) is 9.49. The van der Waals surface area contributed by atoms with Crippen LogP contribution in [0.1, 0.15) is 12.5 Å². The van der Waals surface area contributed by atoms with Crippen LogP contribution in [0.2, 0.25) is 0 Å². The summed E-state index contributed by atoms with van der Waals surface area (Å²) in [5, 5.41) is 2.56. The molecule has 0 atom stereocenters. The number of pyridine rings is 1. The van der Waals surface area contributed by atoms with Gasteiger partial charge in [0.1, 0.15) is 5.82 Å². The average molecular weight is 200 g/mol. The molecule has 0 amide bonds. The number of aromatic nitrogens is 1. The van der Waals surface area contributed by atoms with E-state index in [0.29, 0.717) is 0 Å². The first-order valence-electron chi connectivity index (χ1n) is 5.28. The van der Waals surface area contributed by atoms with Crippen LogP contribution in [0.25, 0.3) is 10.8 Å². The molecule has 0 aliphatic carbocycles. The van der Waals surface area contributed by atoms with E-state index >= 15 is 0 Å². The zero-order chi connectivity index (χ0) is 10.8. The maximum Gasteiger partial charge on any atom is 0.135 e. The van der Waals surface area contributed by atoms with Crippen molar-refractivity contribution in [3.8, 4) is 0 Å². The van der Waals surface area contributed by atoms with E-state index in [1.807, 2.05) is 20.3 Å². The van der Waals surface area contributed by atoms with Crippen molar-refractivity contribution >= 4 is 16.6 Å². The van der Waals surface area contributed by atoms with E-state index in [1.54, 1.807) is 0 Å². The molecule has 0 fully saturated rings. The fourth-order valence-electron chi connectivity index (χ4n) is 1.87. The van der Waals surface area contributed by atoms with Crippen LogP contribution in [0.3, 0.4) is 0 Å². The summed E-state index contributed by atoms with van der Waals surface area (Å²) in [6.45, 7) is 2.17. The fraction of sp³-hybridized carbons (Fsp3) is 0.308. The van der Waals surface area contributed by atoms with Gasteiger partial charge in [0.2, 0.25) is 0 Å². The van der Waals surface area contributed by atoms with Crippen molar-refractivity contribution in [3.05, 3.63) is 36.0 Å². The molecule has 15 heavy (non-hydrogen) atoms. The highest BCUT2D eigenvalue weighted by atomic mass is 15.1. The van der Waals surface area contributed by atoms with Crippen LogP contribution in [0, 0.1) is 0 Å². The highest BCUT2D eigenvalue weighted by Crippen LogP contribution is 2.25. The minimum atomic E-state index is 1.03. The lowest BCUT2D eigenvalue weighted by molar-refractivity contribution is 1.06. The second kappa shape index (κ2) is 3.89. The van der Waals surface area contributed by atoms with Crippen LogP contribution >= 0.6 is 0 Å². The van der Waals surface area contributed by atoms with Crippen LogP contribution < -0.4 is 4.90 Å². The molecule has 0 spiro atoms. The molecule has 0 unspecified atom stereocenters. The van der Waals surface area contributed by atoms with Crippen molar-refractivity contribution in [3.63, 3.8) is 0 Å². The van der Waals surface area contributed by atoms with E-state index in [1.165, 1.54) is 16.3 Å². The van der Waals surface area contributed by atoms with Gasteiger partial charge in [-0.15, -0.1) is 0 Å². The Morgan fingerprint density at radius 3 is 2.40 bits per heavy atom. The summed E-state index contributed by atoms with van der Waals surface area (Å²) in [5.74, 6) is 1.04. The van der Waals surface area contributed by atoms with E-state index in [0.717, 1.165) is 12.2 Å². The quantitative estimate of drug-likeness (QED) is 0.741. The SMILES string of the molecule is CCc1cnc(N(C)C)c2ccccc12. The summed E-state index contributed by atoms with van der Waals surface area (Å²) in [6.07, 6.45) is 3.01. The lowest BCUT2D eigenvalue weighted by Gasteiger charge is -2.15. The van der Waals surface area contributed by atoms with Crippen molar-refractivity contribution in [1.29, 1.82) is 0 Å². The molecule has 0 aliphatic heterocycles. The molecule has 0 radical (unpaired) electrons. The molecule has 0 saturated carbocycles. The van der Waals surface area contributed by atoms with Crippen molar-refractivity contribution in [2.75, 3.05) is 19.0 Å². The summed E-state index contributed by atoms with van der Waals surface area (Å²) >= 11 is 0. The van der Waals surface area contributed by atoms with Crippen molar-refractivity contribution in [2.24, 2.45) is 0 Å². The van der Waals surface area contributed by atoms with E-state index in [-0.39, 0.29) is 0 Å². The molecule has 2 aromatic rings. The van der Waals surface area contributed by atoms with Gasteiger partial charge in [0.15, 0.2) is 0 Å². The van der Waals surface area contributed by atoms with E-state index in [2.05, 4.69) is 41.1 Å². The lowest BCUT2D eigenvalue weighted by Crippen LogP contribution is -2.11. The van der Waals surface area contributed by atoms with Gasteiger partial charge >= 0.3 is 0 Å².